The van der Waals surface area contributed by atoms with E-state index in [1.54, 1.807) is 0 Å². The first kappa shape index (κ1) is 95.7. The first-order chi connectivity index (χ1) is 48.7. The second-order valence-corrected chi connectivity index (χ2v) is 28.9. The minimum atomic E-state index is -5.31. The van der Waals surface area contributed by atoms with Gasteiger partial charge in [0.25, 0.3) is 15.6 Å². The van der Waals surface area contributed by atoms with E-state index in [9.17, 15) is 42.9 Å². The van der Waals surface area contributed by atoms with Crippen molar-refractivity contribution in [1.29, 1.82) is 0 Å². The minimum Gasteiger partial charge on any atom is -0.756 e. The summed E-state index contributed by atoms with van der Waals surface area (Å²) in [4.78, 5) is 90.2. The maximum atomic E-state index is 13.0. The Morgan fingerprint density at radius 3 is 0.750 bits per heavy atom. The van der Waals surface area contributed by atoms with Gasteiger partial charge in [0.15, 0.2) is 18.0 Å². The molecule has 0 rings (SSSR count). The highest BCUT2D eigenvalue weighted by atomic mass is 31.2. The zero-order valence-corrected chi connectivity index (χ0v) is 64.7. The second kappa shape index (κ2) is 73.0. The molecule has 0 spiro atoms. The SMILES string of the molecule is CCCCC/C=C\C/C=C\CCCCCCCC(=O)OC[C@H](COP(=O)([O-])OCC(=O)COP(=O)([O-])OC[C@@H](COC(=O)CCCCCCC/C=C\C/C=C\CCCCC)OC(=O)CCCCCCC/C=C\C/C=C\CCCCC)OC(=O)CCCCCCC/C=C\C/C=C\CCCCC. The Bertz CT molecular complexity index is 2170. The second-order valence-electron chi connectivity index (χ2n) is 26.1. The van der Waals surface area contributed by atoms with Crippen LogP contribution in [0.25, 0.3) is 0 Å². The van der Waals surface area contributed by atoms with Crippen molar-refractivity contribution >= 4 is 45.3 Å². The van der Waals surface area contributed by atoms with Gasteiger partial charge >= 0.3 is 23.9 Å². The Kier molecular flexibility index (Phi) is 69.9. The first-order valence-corrected chi connectivity index (χ1v) is 42.2. The van der Waals surface area contributed by atoms with E-state index in [0.29, 0.717) is 25.7 Å². The van der Waals surface area contributed by atoms with Gasteiger partial charge in [-0.15, -0.1) is 0 Å². The van der Waals surface area contributed by atoms with Crippen molar-refractivity contribution in [2.75, 3.05) is 39.6 Å². The molecule has 100 heavy (non-hydrogen) atoms. The number of rotatable bonds is 74. The third kappa shape index (κ3) is 72.1. The number of phosphoric acid groups is 2. The Labute approximate surface area is 607 Å². The number of hydrogen-bond acceptors (Lipinski definition) is 17. The number of esters is 4. The summed E-state index contributed by atoms with van der Waals surface area (Å²) >= 11 is 0. The number of allylic oxidation sites excluding steroid dienone is 16. The molecule has 0 fully saturated rings. The van der Waals surface area contributed by atoms with E-state index in [1.165, 1.54) is 77.0 Å². The van der Waals surface area contributed by atoms with Gasteiger partial charge in [-0.25, -0.2) is 0 Å². The predicted octanol–water partition coefficient (Wildman–Crippen LogP) is 21.7. The van der Waals surface area contributed by atoms with E-state index < -0.39 is 97.2 Å². The zero-order chi connectivity index (χ0) is 73.2. The topological polar surface area (TPSA) is 239 Å². The molecule has 2 unspecified atom stereocenters. The fourth-order valence-corrected chi connectivity index (χ4v) is 11.8. The van der Waals surface area contributed by atoms with Crippen molar-refractivity contribution in [3.63, 3.8) is 0 Å². The van der Waals surface area contributed by atoms with Gasteiger partial charge in [0.05, 0.1) is 13.2 Å². The van der Waals surface area contributed by atoms with E-state index in [-0.39, 0.29) is 25.7 Å². The molecular weight excluding hydrogens is 1310 g/mol. The minimum absolute atomic E-state index is 0.0433. The molecule has 19 heteroatoms. The summed E-state index contributed by atoms with van der Waals surface area (Å²) < 4.78 is 67.2. The average molecular weight is 1450 g/mol. The van der Waals surface area contributed by atoms with Gasteiger partial charge in [0.1, 0.15) is 26.4 Å². The molecule has 0 aliphatic heterocycles. The van der Waals surface area contributed by atoms with Crippen LogP contribution in [0, 0.1) is 0 Å². The van der Waals surface area contributed by atoms with Crippen LogP contribution >= 0.6 is 15.6 Å². The van der Waals surface area contributed by atoms with Crippen molar-refractivity contribution in [2.45, 2.75) is 348 Å². The van der Waals surface area contributed by atoms with Crippen LogP contribution in [0.2, 0.25) is 0 Å². The van der Waals surface area contributed by atoms with Gasteiger partial charge in [-0.05, 0) is 154 Å². The summed E-state index contributed by atoms with van der Waals surface area (Å²) in [6.45, 7) is 3.84. The summed E-state index contributed by atoms with van der Waals surface area (Å²) in [5.41, 5.74) is 0. The molecule has 4 atom stereocenters. The van der Waals surface area contributed by atoms with Crippen LogP contribution < -0.4 is 9.79 Å². The molecular formula is C81H138O17P2-2. The van der Waals surface area contributed by atoms with Crippen LogP contribution in [-0.2, 0) is 70.1 Å². The zero-order valence-electron chi connectivity index (χ0n) is 62.9. The molecule has 0 aromatic carbocycles. The molecule has 0 aliphatic rings. The lowest BCUT2D eigenvalue weighted by Gasteiger charge is -2.26. The first-order valence-electron chi connectivity index (χ1n) is 39.3. The highest BCUT2D eigenvalue weighted by Gasteiger charge is 2.24. The normalized spacial score (nSPS) is 14.1. The van der Waals surface area contributed by atoms with Crippen LogP contribution in [0.1, 0.15) is 336 Å². The number of hydrogen-bond donors (Lipinski definition) is 0. The van der Waals surface area contributed by atoms with Crippen molar-refractivity contribution in [1.82, 2.24) is 0 Å². The molecule has 17 nitrogen and oxygen atoms in total. The molecule has 0 heterocycles. The van der Waals surface area contributed by atoms with E-state index in [1.807, 2.05) is 0 Å². The summed E-state index contributed by atoms with van der Waals surface area (Å²) in [6.07, 6.45) is 77.4. The van der Waals surface area contributed by atoms with Crippen molar-refractivity contribution < 1.29 is 79.9 Å². The standard InChI is InChI=1S/C81H140O17P2/c1-5-9-13-17-21-25-29-33-37-41-45-49-53-57-61-65-78(83)91-71-76(97-80(85)67-63-59-55-51-47-43-39-35-31-27-23-19-15-11-7-3)73-95-99(87,88)93-69-75(82)70-94-100(89,90)96-74-77(98-81(86)68-64-60-56-52-48-44-40-36-32-28-24-20-16-12-8-4)72-92-79(84)66-62-58-54-50-46-42-38-34-30-26-22-18-14-10-6-2/h21-28,33-40,76-77H,5-20,29-32,41-74H2,1-4H3,(H,87,88)(H,89,90)/p-2/b25-21-,26-22-,27-23-,28-24-,37-33-,38-34-,39-35-,40-36-/t76-,77-/m1/s1. The van der Waals surface area contributed by atoms with Gasteiger partial charge in [-0.2, -0.15) is 0 Å². The fraction of sp³-hybridized carbons (Fsp3) is 0.741. The van der Waals surface area contributed by atoms with Gasteiger partial charge < -0.3 is 46.8 Å². The highest BCUT2D eigenvalue weighted by Crippen LogP contribution is 2.40. The third-order valence-corrected chi connectivity index (χ3v) is 18.2. The summed E-state index contributed by atoms with van der Waals surface area (Å²) in [5.74, 6) is -3.50. The van der Waals surface area contributed by atoms with Gasteiger partial charge in [0.2, 0.25) is 0 Å². The Morgan fingerprint density at radius 2 is 0.500 bits per heavy atom. The molecule has 0 bridgehead atoms. The summed E-state index contributed by atoms with van der Waals surface area (Å²) in [5, 5.41) is 0. The van der Waals surface area contributed by atoms with E-state index in [2.05, 4.69) is 125 Å². The smallest absolute Gasteiger partial charge is 0.306 e. The van der Waals surface area contributed by atoms with E-state index in [4.69, 9.17) is 37.0 Å². The summed E-state index contributed by atoms with van der Waals surface area (Å²) in [6, 6.07) is 0. The largest absolute Gasteiger partial charge is 0.756 e. The third-order valence-electron chi connectivity index (χ3n) is 16.4. The number of unbranched alkanes of at least 4 members (excludes halogenated alkanes) is 32. The van der Waals surface area contributed by atoms with E-state index in [0.717, 1.165) is 180 Å². The Hall–Kier alpha value is -4.31. The van der Waals surface area contributed by atoms with Crippen molar-refractivity contribution in [3.05, 3.63) is 97.2 Å². The molecule has 0 saturated heterocycles. The molecule has 0 aromatic rings. The number of phosphoric ester groups is 2. The van der Waals surface area contributed by atoms with Crippen LogP contribution in [0.3, 0.4) is 0 Å². The van der Waals surface area contributed by atoms with Gasteiger partial charge in [0, 0.05) is 25.7 Å². The van der Waals surface area contributed by atoms with Crippen LogP contribution in [-0.4, -0.2) is 81.5 Å². The number of ether oxygens (including phenoxy) is 4. The lowest BCUT2D eigenvalue weighted by molar-refractivity contribution is -0.229. The van der Waals surface area contributed by atoms with E-state index >= 15 is 0 Å². The molecule has 0 N–H and O–H groups in total. The quantitative estimate of drug-likeness (QED) is 0.0181. The maximum Gasteiger partial charge on any atom is 0.306 e. The van der Waals surface area contributed by atoms with Crippen molar-refractivity contribution in [2.24, 2.45) is 0 Å². The molecule has 0 amide bonds. The van der Waals surface area contributed by atoms with Crippen LogP contribution in [0.4, 0.5) is 0 Å². The molecule has 0 radical (unpaired) electrons. The lowest BCUT2D eigenvalue weighted by atomic mass is 10.1. The monoisotopic (exact) mass is 1440 g/mol. The molecule has 0 saturated carbocycles. The average Bonchev–Trinajstić information content (AvgIpc) is 1.01. The van der Waals surface area contributed by atoms with Crippen molar-refractivity contribution in [3.8, 4) is 0 Å². The highest BCUT2D eigenvalue weighted by molar-refractivity contribution is 7.46. The van der Waals surface area contributed by atoms with Crippen LogP contribution in [0.5, 0.6) is 0 Å². The lowest BCUT2D eigenvalue weighted by Crippen LogP contribution is -2.31. The van der Waals surface area contributed by atoms with Gasteiger partial charge in [-0.3, -0.25) is 33.1 Å². The molecule has 0 aromatic heterocycles. The predicted molar refractivity (Wildman–Crippen MR) is 403 cm³/mol. The fourth-order valence-electron chi connectivity index (χ4n) is 10.3. The molecule has 0 aliphatic carbocycles. The molecule has 576 valence electrons. The Balaban J connectivity index is 5.40. The number of Topliss-reactive ketones (excluding diaryl/α,β-unsaturated/α-hetero) is 1. The maximum absolute atomic E-state index is 13.0. The van der Waals surface area contributed by atoms with Crippen LogP contribution in [0.15, 0.2) is 97.2 Å². The number of carbonyl (C=O) groups excluding carboxylic acids is 5. The number of ketones is 1. The summed E-state index contributed by atoms with van der Waals surface area (Å²) in [7, 11) is -10.6. The van der Waals surface area contributed by atoms with Gasteiger partial charge in [-0.1, -0.05) is 253 Å². The number of carbonyl (C=O) groups is 5. The Morgan fingerprint density at radius 1 is 0.280 bits per heavy atom.